The van der Waals surface area contributed by atoms with Gasteiger partial charge in [0, 0.05) is 0 Å². The molecule has 2 N–H and O–H groups in total. The van der Waals surface area contributed by atoms with E-state index in [4.69, 9.17) is 10.2 Å². The molecule has 4 nitrogen and oxygen atoms in total. The molecule has 0 unspecified atom stereocenters. The van der Waals surface area contributed by atoms with Crippen LogP contribution in [0.3, 0.4) is 0 Å². The number of aliphatic hydroxyl groups is 2. The van der Waals surface area contributed by atoms with Crippen LogP contribution in [0.25, 0.3) is 0 Å². The first kappa shape index (κ1) is 7.40. The van der Waals surface area contributed by atoms with Crippen LogP contribution in [0.1, 0.15) is 0 Å². The largest absolute Gasteiger partial charge is 0.393 e. The number of ether oxygens (including phenoxy) is 1. The van der Waals surface area contributed by atoms with Gasteiger partial charge in [0.05, 0.1) is 6.61 Å². The lowest BCUT2D eigenvalue weighted by molar-refractivity contribution is -0.164. The highest BCUT2D eigenvalue weighted by atomic mass is 16.6. The van der Waals surface area contributed by atoms with Crippen LogP contribution in [-0.2, 0) is 9.53 Å². The van der Waals surface area contributed by atoms with Crippen LogP contribution < -0.4 is 0 Å². The molecule has 0 aliphatic carbocycles. The summed E-state index contributed by atoms with van der Waals surface area (Å²) < 4.78 is 4.62. The van der Waals surface area contributed by atoms with Crippen molar-refractivity contribution in [2.75, 3.05) is 6.61 Å². The Morgan fingerprint density at radius 2 is 2.40 bits per heavy atom. The molecule has 1 rings (SSSR count). The summed E-state index contributed by atoms with van der Waals surface area (Å²) in [5.74, 6) is -0.482. The van der Waals surface area contributed by atoms with Crippen LogP contribution in [0.2, 0.25) is 0 Å². The zero-order valence-electron chi connectivity index (χ0n) is 5.23. The number of rotatable bonds is 1. The molecule has 2 atom stereocenters. The highest BCUT2D eigenvalue weighted by Gasteiger charge is 2.21. The summed E-state index contributed by atoms with van der Waals surface area (Å²) >= 11 is 0. The van der Waals surface area contributed by atoms with Gasteiger partial charge in [0.15, 0.2) is 0 Å². The Bertz CT molecular complexity index is 163. The van der Waals surface area contributed by atoms with Crippen molar-refractivity contribution in [1.29, 1.82) is 0 Å². The lowest BCUT2D eigenvalue weighted by Crippen LogP contribution is -2.33. The van der Waals surface area contributed by atoms with E-state index < -0.39 is 18.2 Å². The minimum atomic E-state index is -1.40. The Labute approximate surface area is 57.7 Å². The van der Waals surface area contributed by atoms with Crippen LogP contribution in [0.15, 0.2) is 12.2 Å². The molecule has 0 aromatic rings. The lowest BCUT2D eigenvalue weighted by atomic mass is 10.2. The van der Waals surface area contributed by atoms with E-state index in [0.29, 0.717) is 0 Å². The predicted molar refractivity (Wildman–Crippen MR) is 32.1 cm³/mol. The minimum absolute atomic E-state index is 0.221. The quantitative estimate of drug-likeness (QED) is 0.486. The molecule has 0 fully saturated rings. The molecule has 0 amide bonds. The van der Waals surface area contributed by atoms with Gasteiger partial charge in [0.1, 0.15) is 6.10 Å². The third kappa shape index (κ3) is 1.41. The van der Waals surface area contributed by atoms with Crippen LogP contribution >= 0.6 is 0 Å². The van der Waals surface area contributed by atoms with Crippen LogP contribution in [0.4, 0.5) is 0 Å². The normalized spacial score (nSPS) is 32.8. The predicted octanol–water partition coefficient (Wildman–Crippen LogP) is -1.18. The zero-order chi connectivity index (χ0) is 7.56. The van der Waals surface area contributed by atoms with Gasteiger partial charge in [-0.15, -0.1) is 0 Å². The maximum absolute atomic E-state index is 10.5. The van der Waals surface area contributed by atoms with Gasteiger partial charge in [0.2, 0.25) is 12.1 Å². The molecule has 1 aliphatic rings. The first-order valence-corrected chi connectivity index (χ1v) is 2.90. The van der Waals surface area contributed by atoms with E-state index in [9.17, 15) is 4.79 Å². The number of hydrogen-bond donors (Lipinski definition) is 2. The van der Waals surface area contributed by atoms with Gasteiger partial charge < -0.3 is 14.9 Å². The van der Waals surface area contributed by atoms with Gasteiger partial charge in [-0.25, -0.2) is 0 Å². The Kier molecular flexibility index (Phi) is 2.16. The molecule has 0 radical (unpaired) electrons. The third-order valence-corrected chi connectivity index (χ3v) is 1.20. The highest BCUT2D eigenvalue weighted by Crippen LogP contribution is 2.05. The maximum Gasteiger partial charge on any atom is 0.220 e. The molecule has 10 heavy (non-hydrogen) atoms. The Hall–Kier alpha value is -0.710. The van der Waals surface area contributed by atoms with Crippen molar-refractivity contribution in [2.45, 2.75) is 12.4 Å². The summed E-state index contributed by atoms with van der Waals surface area (Å²) in [6.07, 6.45) is 0.666. The second kappa shape index (κ2) is 2.92. The zero-order valence-corrected chi connectivity index (χ0v) is 5.23. The standard InChI is InChI=1S/C6H8O4/c7-3-4-1-2-5(8)6(9)10-4/h1-2,4,6-7,9H,3H2/t4-,6+/m1/s1. The number of aliphatic hydroxyl groups excluding tert-OH is 2. The van der Waals surface area contributed by atoms with E-state index in [0.717, 1.165) is 0 Å². The van der Waals surface area contributed by atoms with Crippen LogP contribution in [0, 0.1) is 0 Å². The molecule has 0 spiro atoms. The molecule has 4 heteroatoms. The summed E-state index contributed by atoms with van der Waals surface area (Å²) in [7, 11) is 0. The number of ketones is 1. The SMILES string of the molecule is O=C1C=C[C@H](CO)O[C@@H]1O. The second-order valence-electron chi connectivity index (χ2n) is 1.97. The van der Waals surface area contributed by atoms with Gasteiger partial charge in [-0.1, -0.05) is 0 Å². The Balaban J connectivity index is 2.59. The van der Waals surface area contributed by atoms with E-state index in [1.807, 2.05) is 0 Å². The van der Waals surface area contributed by atoms with Gasteiger partial charge >= 0.3 is 0 Å². The summed E-state index contributed by atoms with van der Waals surface area (Å²) in [5.41, 5.74) is 0. The second-order valence-corrected chi connectivity index (χ2v) is 1.97. The molecule has 0 aromatic carbocycles. The smallest absolute Gasteiger partial charge is 0.220 e. The molecule has 0 saturated carbocycles. The monoisotopic (exact) mass is 144 g/mol. The fourth-order valence-electron chi connectivity index (χ4n) is 0.666. The topological polar surface area (TPSA) is 66.8 Å². The first-order valence-electron chi connectivity index (χ1n) is 2.90. The Morgan fingerprint density at radius 1 is 1.70 bits per heavy atom. The molecule has 1 aliphatic heterocycles. The number of carbonyl (C=O) groups excluding carboxylic acids is 1. The highest BCUT2D eigenvalue weighted by molar-refractivity contribution is 5.93. The van der Waals surface area contributed by atoms with Crippen LogP contribution in [0.5, 0.6) is 0 Å². The molecule has 56 valence electrons. The van der Waals surface area contributed by atoms with Gasteiger partial charge in [-0.3, -0.25) is 4.79 Å². The average molecular weight is 144 g/mol. The van der Waals surface area contributed by atoms with Gasteiger partial charge in [0.25, 0.3) is 0 Å². The number of carbonyl (C=O) groups is 1. The summed E-state index contributed by atoms with van der Waals surface area (Å²) in [5, 5.41) is 17.2. The molecular weight excluding hydrogens is 136 g/mol. The van der Waals surface area contributed by atoms with E-state index >= 15 is 0 Å². The fourth-order valence-corrected chi connectivity index (χ4v) is 0.666. The van der Waals surface area contributed by atoms with E-state index in [1.54, 1.807) is 0 Å². The summed E-state index contributed by atoms with van der Waals surface area (Å²) in [6.45, 7) is -0.221. The summed E-state index contributed by atoms with van der Waals surface area (Å²) in [6, 6.07) is 0. The van der Waals surface area contributed by atoms with Crippen molar-refractivity contribution >= 4 is 5.78 Å². The van der Waals surface area contributed by atoms with Crippen molar-refractivity contribution in [3.05, 3.63) is 12.2 Å². The van der Waals surface area contributed by atoms with Gasteiger partial charge in [-0.05, 0) is 12.2 Å². The minimum Gasteiger partial charge on any atom is -0.393 e. The van der Waals surface area contributed by atoms with Crippen molar-refractivity contribution in [3.8, 4) is 0 Å². The molecule has 0 bridgehead atoms. The van der Waals surface area contributed by atoms with Gasteiger partial charge in [-0.2, -0.15) is 0 Å². The van der Waals surface area contributed by atoms with Crippen molar-refractivity contribution in [1.82, 2.24) is 0 Å². The fraction of sp³-hybridized carbons (Fsp3) is 0.500. The average Bonchev–Trinajstić information content (AvgIpc) is 1.95. The van der Waals surface area contributed by atoms with Crippen molar-refractivity contribution < 1.29 is 19.7 Å². The van der Waals surface area contributed by atoms with Crippen molar-refractivity contribution in [3.63, 3.8) is 0 Å². The van der Waals surface area contributed by atoms with Crippen LogP contribution in [-0.4, -0.2) is 35.0 Å². The molecule has 1 heterocycles. The lowest BCUT2D eigenvalue weighted by Gasteiger charge is -2.18. The van der Waals surface area contributed by atoms with E-state index in [1.165, 1.54) is 12.2 Å². The number of hydrogen-bond acceptors (Lipinski definition) is 4. The summed E-state index contributed by atoms with van der Waals surface area (Å²) in [4.78, 5) is 10.5. The molecule has 0 saturated heterocycles. The van der Waals surface area contributed by atoms with E-state index in [-0.39, 0.29) is 6.61 Å². The molecule has 0 aromatic heterocycles. The third-order valence-electron chi connectivity index (χ3n) is 1.20. The van der Waals surface area contributed by atoms with Crippen molar-refractivity contribution in [2.24, 2.45) is 0 Å². The first-order chi connectivity index (χ1) is 4.74. The van der Waals surface area contributed by atoms with E-state index in [2.05, 4.69) is 4.74 Å². The maximum atomic E-state index is 10.5. The Morgan fingerprint density at radius 3 is 2.90 bits per heavy atom. The molecular formula is C6H8O4.